The van der Waals surface area contributed by atoms with Crippen molar-refractivity contribution >= 4 is 17.5 Å². The molecule has 0 spiro atoms. The molecule has 0 aliphatic rings. The Morgan fingerprint density at radius 3 is 2.79 bits per heavy atom. The first kappa shape index (κ1) is 8.83. The quantitative estimate of drug-likeness (QED) is 0.815. The molecule has 2 rings (SSSR count). The zero-order valence-corrected chi connectivity index (χ0v) is 7.86. The molecule has 0 atom stereocenters. The van der Waals surface area contributed by atoms with Crippen molar-refractivity contribution in [2.45, 2.75) is 0 Å². The molecule has 5 heteroatoms. The van der Waals surface area contributed by atoms with Crippen molar-refractivity contribution in [1.82, 2.24) is 9.36 Å². The number of aromatic nitrogens is 2. The van der Waals surface area contributed by atoms with Crippen LogP contribution in [0.1, 0.15) is 9.67 Å². The summed E-state index contributed by atoms with van der Waals surface area (Å²) in [6.45, 7) is 0. The number of aromatic carboxylic acids is 1. The third kappa shape index (κ3) is 1.62. The van der Waals surface area contributed by atoms with Gasteiger partial charge in [0.1, 0.15) is 10.6 Å². The molecule has 0 aliphatic carbocycles. The zero-order valence-electron chi connectivity index (χ0n) is 7.04. The minimum absolute atomic E-state index is 0.227. The largest absolute Gasteiger partial charge is 0.477 e. The van der Waals surface area contributed by atoms with Gasteiger partial charge in [-0.2, -0.15) is 4.37 Å². The number of hydrogen-bond acceptors (Lipinski definition) is 4. The minimum Gasteiger partial charge on any atom is -0.477 e. The standard InChI is InChI=1S/C9H6N2O2S/c12-9(13)8-5-7(11-14-8)6-3-1-2-4-10-6/h1-5H,(H,12,13). The average Bonchev–Trinajstić information content (AvgIpc) is 2.68. The number of carboxylic acid groups (broad SMARTS) is 1. The SMILES string of the molecule is O=C(O)c1cc(-c2ccccn2)ns1. The van der Waals surface area contributed by atoms with Gasteiger partial charge >= 0.3 is 5.97 Å². The van der Waals surface area contributed by atoms with Crippen LogP contribution in [-0.4, -0.2) is 20.4 Å². The lowest BCUT2D eigenvalue weighted by molar-refractivity contribution is 0.0702. The van der Waals surface area contributed by atoms with Gasteiger partial charge in [0.15, 0.2) is 0 Å². The van der Waals surface area contributed by atoms with Crippen LogP contribution in [0.25, 0.3) is 11.4 Å². The van der Waals surface area contributed by atoms with E-state index in [2.05, 4.69) is 9.36 Å². The van der Waals surface area contributed by atoms with Gasteiger partial charge in [0.2, 0.25) is 0 Å². The molecule has 4 nitrogen and oxygen atoms in total. The van der Waals surface area contributed by atoms with Crippen LogP contribution in [0.4, 0.5) is 0 Å². The summed E-state index contributed by atoms with van der Waals surface area (Å²) in [5.74, 6) is -0.954. The molecule has 0 radical (unpaired) electrons. The third-order valence-corrected chi connectivity index (χ3v) is 2.43. The molecule has 0 aromatic carbocycles. The molecule has 70 valence electrons. The fourth-order valence-electron chi connectivity index (χ4n) is 1.01. The van der Waals surface area contributed by atoms with Crippen LogP contribution in [0.3, 0.4) is 0 Å². The molecular weight excluding hydrogens is 200 g/mol. The molecular formula is C9H6N2O2S. The molecule has 0 saturated carbocycles. The van der Waals surface area contributed by atoms with E-state index in [1.807, 2.05) is 6.07 Å². The average molecular weight is 206 g/mol. The smallest absolute Gasteiger partial charge is 0.347 e. The van der Waals surface area contributed by atoms with Gasteiger partial charge in [0, 0.05) is 6.20 Å². The molecule has 2 aromatic heterocycles. The van der Waals surface area contributed by atoms with Crippen LogP contribution in [0.2, 0.25) is 0 Å². The Morgan fingerprint density at radius 1 is 1.36 bits per heavy atom. The maximum absolute atomic E-state index is 10.6. The van der Waals surface area contributed by atoms with Crippen molar-refractivity contribution in [3.63, 3.8) is 0 Å². The summed E-state index contributed by atoms with van der Waals surface area (Å²) in [4.78, 5) is 14.9. The second-order valence-electron chi connectivity index (χ2n) is 2.60. The van der Waals surface area contributed by atoms with Crippen molar-refractivity contribution in [3.8, 4) is 11.4 Å². The van der Waals surface area contributed by atoms with Crippen LogP contribution in [-0.2, 0) is 0 Å². The Labute approximate surface area is 84.0 Å². The first-order chi connectivity index (χ1) is 6.77. The molecule has 14 heavy (non-hydrogen) atoms. The zero-order chi connectivity index (χ0) is 9.97. The van der Waals surface area contributed by atoms with E-state index in [1.54, 1.807) is 18.3 Å². The summed E-state index contributed by atoms with van der Waals surface area (Å²) in [5.41, 5.74) is 1.30. The van der Waals surface area contributed by atoms with Gasteiger partial charge in [0.25, 0.3) is 0 Å². The molecule has 2 heterocycles. The summed E-state index contributed by atoms with van der Waals surface area (Å²) in [5, 5.41) is 8.70. The Morgan fingerprint density at radius 2 is 2.21 bits per heavy atom. The number of carboxylic acids is 1. The van der Waals surface area contributed by atoms with E-state index < -0.39 is 5.97 Å². The Bertz CT molecular complexity index is 453. The maximum Gasteiger partial charge on any atom is 0.347 e. The van der Waals surface area contributed by atoms with Gasteiger partial charge in [0.05, 0.1) is 5.69 Å². The Hall–Kier alpha value is -1.75. The van der Waals surface area contributed by atoms with Crippen LogP contribution in [0, 0.1) is 0 Å². The van der Waals surface area contributed by atoms with Crippen molar-refractivity contribution < 1.29 is 9.90 Å². The van der Waals surface area contributed by atoms with Crippen LogP contribution < -0.4 is 0 Å². The van der Waals surface area contributed by atoms with Crippen LogP contribution >= 0.6 is 11.5 Å². The van der Waals surface area contributed by atoms with Crippen LogP contribution in [0.15, 0.2) is 30.5 Å². The van der Waals surface area contributed by atoms with E-state index in [-0.39, 0.29) is 4.88 Å². The first-order valence-corrected chi connectivity index (χ1v) is 4.66. The van der Waals surface area contributed by atoms with Gasteiger partial charge in [-0.3, -0.25) is 4.98 Å². The molecule has 0 fully saturated rings. The predicted molar refractivity (Wildman–Crippen MR) is 52.3 cm³/mol. The monoisotopic (exact) mass is 206 g/mol. The summed E-state index contributed by atoms with van der Waals surface area (Å²) in [6, 6.07) is 6.95. The number of nitrogens with zero attached hydrogens (tertiary/aromatic N) is 2. The molecule has 0 aliphatic heterocycles. The predicted octanol–water partition coefficient (Wildman–Crippen LogP) is 1.90. The van der Waals surface area contributed by atoms with E-state index in [0.717, 1.165) is 11.5 Å². The molecule has 0 amide bonds. The highest BCUT2D eigenvalue weighted by Gasteiger charge is 2.09. The van der Waals surface area contributed by atoms with Gasteiger partial charge < -0.3 is 5.11 Å². The fraction of sp³-hybridized carbons (Fsp3) is 0. The van der Waals surface area contributed by atoms with Gasteiger partial charge in [-0.15, -0.1) is 0 Å². The lowest BCUT2D eigenvalue weighted by Gasteiger charge is -1.91. The van der Waals surface area contributed by atoms with Crippen molar-refractivity contribution in [3.05, 3.63) is 35.3 Å². The van der Waals surface area contributed by atoms with E-state index >= 15 is 0 Å². The molecule has 1 N–H and O–H groups in total. The normalized spacial score (nSPS) is 10.0. The summed E-state index contributed by atoms with van der Waals surface area (Å²) in [6.07, 6.45) is 1.65. The Balaban J connectivity index is 2.39. The lowest BCUT2D eigenvalue weighted by Crippen LogP contribution is -1.90. The van der Waals surface area contributed by atoms with E-state index in [9.17, 15) is 4.79 Å². The van der Waals surface area contributed by atoms with Gasteiger partial charge in [-0.1, -0.05) is 6.07 Å². The number of pyridine rings is 1. The Kier molecular flexibility index (Phi) is 2.24. The third-order valence-electron chi connectivity index (χ3n) is 1.65. The second kappa shape index (κ2) is 3.55. The topological polar surface area (TPSA) is 63.1 Å². The van der Waals surface area contributed by atoms with Gasteiger partial charge in [-0.25, -0.2) is 4.79 Å². The summed E-state index contributed by atoms with van der Waals surface area (Å²) >= 11 is 0.963. The number of carbonyl (C=O) groups is 1. The molecule has 0 unspecified atom stereocenters. The second-order valence-corrected chi connectivity index (χ2v) is 3.40. The minimum atomic E-state index is -0.954. The van der Waals surface area contributed by atoms with Crippen molar-refractivity contribution in [2.75, 3.05) is 0 Å². The highest BCUT2D eigenvalue weighted by molar-refractivity contribution is 7.08. The van der Waals surface area contributed by atoms with E-state index in [1.165, 1.54) is 6.07 Å². The fourth-order valence-corrected chi connectivity index (χ4v) is 1.60. The van der Waals surface area contributed by atoms with E-state index in [0.29, 0.717) is 11.4 Å². The molecule has 0 saturated heterocycles. The number of hydrogen-bond donors (Lipinski definition) is 1. The maximum atomic E-state index is 10.6. The number of rotatable bonds is 2. The van der Waals surface area contributed by atoms with E-state index in [4.69, 9.17) is 5.11 Å². The van der Waals surface area contributed by atoms with Crippen molar-refractivity contribution in [1.29, 1.82) is 0 Å². The lowest BCUT2D eigenvalue weighted by atomic mass is 10.2. The summed E-state index contributed by atoms with van der Waals surface area (Å²) < 4.78 is 4.01. The molecule has 0 bridgehead atoms. The highest BCUT2D eigenvalue weighted by atomic mass is 32.1. The highest BCUT2D eigenvalue weighted by Crippen LogP contribution is 2.19. The van der Waals surface area contributed by atoms with Crippen LogP contribution in [0.5, 0.6) is 0 Å². The van der Waals surface area contributed by atoms with Gasteiger partial charge in [-0.05, 0) is 29.7 Å². The first-order valence-electron chi connectivity index (χ1n) is 3.89. The molecule has 2 aromatic rings. The van der Waals surface area contributed by atoms with Crippen molar-refractivity contribution in [2.24, 2.45) is 0 Å². The summed E-state index contributed by atoms with van der Waals surface area (Å²) in [7, 11) is 0.